The number of anilines is 1. The zero-order valence-corrected chi connectivity index (χ0v) is 17.2. The Morgan fingerprint density at radius 2 is 2.04 bits per heavy atom. The first-order chi connectivity index (χ1) is 13.1. The van der Waals surface area contributed by atoms with E-state index in [1.54, 1.807) is 38.8 Å². The molecule has 1 aromatic rings. The smallest absolute Gasteiger partial charge is 0.408 e. The zero-order chi connectivity index (χ0) is 20.9. The van der Waals surface area contributed by atoms with Crippen molar-refractivity contribution in [2.45, 2.75) is 59.1 Å². The molecule has 28 heavy (non-hydrogen) atoms. The lowest BCUT2D eigenvalue weighted by Gasteiger charge is -2.34. The number of carbonyl (C=O) groups is 3. The van der Waals surface area contributed by atoms with Crippen LogP contribution in [0.3, 0.4) is 0 Å². The normalized spacial score (nSPS) is 18.2. The van der Waals surface area contributed by atoms with Crippen LogP contribution in [0.15, 0.2) is 18.3 Å². The number of nitrogens with zero attached hydrogens (tertiary/aromatic N) is 2. The summed E-state index contributed by atoms with van der Waals surface area (Å²) >= 11 is 0. The number of hydrogen-bond acceptors (Lipinski definition) is 5. The lowest BCUT2D eigenvalue weighted by atomic mass is 9.96. The quantitative estimate of drug-likeness (QED) is 0.823. The van der Waals surface area contributed by atoms with Crippen LogP contribution in [0.2, 0.25) is 0 Å². The molecule has 0 bridgehead atoms. The van der Waals surface area contributed by atoms with E-state index in [4.69, 9.17) is 4.74 Å². The van der Waals surface area contributed by atoms with Gasteiger partial charge in [0.25, 0.3) is 0 Å². The number of aromatic nitrogens is 1. The van der Waals surface area contributed by atoms with Gasteiger partial charge in [-0.05, 0) is 59.1 Å². The maximum absolute atomic E-state index is 12.7. The SMILES string of the molecule is Cc1cccnc1NC(=O)C1CCCN(C(=O)C(C)NC(=O)OC(C)(C)C)C1. The molecule has 1 aromatic heterocycles. The van der Waals surface area contributed by atoms with Crippen molar-refractivity contribution >= 4 is 23.7 Å². The van der Waals surface area contributed by atoms with Crippen molar-refractivity contribution in [3.05, 3.63) is 23.9 Å². The highest BCUT2D eigenvalue weighted by Crippen LogP contribution is 2.20. The van der Waals surface area contributed by atoms with Gasteiger partial charge in [0.1, 0.15) is 17.5 Å². The van der Waals surface area contributed by atoms with E-state index in [0.717, 1.165) is 12.0 Å². The summed E-state index contributed by atoms with van der Waals surface area (Å²) in [6, 6.07) is 2.96. The van der Waals surface area contributed by atoms with Crippen LogP contribution in [0, 0.1) is 12.8 Å². The number of ether oxygens (including phenoxy) is 1. The van der Waals surface area contributed by atoms with Gasteiger partial charge in [0.05, 0.1) is 5.92 Å². The summed E-state index contributed by atoms with van der Waals surface area (Å²) in [6.07, 6.45) is 2.42. The van der Waals surface area contributed by atoms with Gasteiger partial charge in [-0.3, -0.25) is 9.59 Å². The fraction of sp³-hybridized carbons (Fsp3) is 0.600. The van der Waals surface area contributed by atoms with E-state index in [-0.39, 0.29) is 17.7 Å². The number of hydrogen-bond donors (Lipinski definition) is 2. The third-order valence-corrected chi connectivity index (χ3v) is 4.46. The average Bonchev–Trinajstić information content (AvgIpc) is 2.61. The monoisotopic (exact) mass is 390 g/mol. The van der Waals surface area contributed by atoms with Crippen molar-refractivity contribution in [3.63, 3.8) is 0 Å². The van der Waals surface area contributed by atoms with E-state index in [2.05, 4.69) is 15.6 Å². The Balaban J connectivity index is 1.92. The molecule has 0 aliphatic carbocycles. The molecule has 1 aliphatic rings. The molecule has 2 atom stereocenters. The molecule has 0 spiro atoms. The number of likely N-dealkylation sites (tertiary alicyclic amines) is 1. The van der Waals surface area contributed by atoms with Crippen molar-refractivity contribution in [3.8, 4) is 0 Å². The van der Waals surface area contributed by atoms with E-state index in [1.807, 2.05) is 19.1 Å². The minimum atomic E-state index is -0.727. The van der Waals surface area contributed by atoms with E-state index in [1.165, 1.54) is 0 Å². The number of nitrogens with one attached hydrogen (secondary N) is 2. The van der Waals surface area contributed by atoms with Crippen LogP contribution < -0.4 is 10.6 Å². The second kappa shape index (κ2) is 9.03. The Kier molecular flexibility index (Phi) is 6.99. The van der Waals surface area contributed by atoms with Crippen molar-refractivity contribution in [2.24, 2.45) is 5.92 Å². The number of rotatable bonds is 4. The Bertz CT molecular complexity index is 729. The highest BCUT2D eigenvalue weighted by molar-refractivity contribution is 5.93. The predicted octanol–water partition coefficient (Wildman–Crippen LogP) is 2.48. The topological polar surface area (TPSA) is 101 Å². The molecular formula is C20H30N4O4. The van der Waals surface area contributed by atoms with Crippen molar-refractivity contribution in [1.82, 2.24) is 15.2 Å². The molecule has 8 nitrogen and oxygen atoms in total. The second-order valence-corrected chi connectivity index (χ2v) is 8.15. The van der Waals surface area contributed by atoms with Gasteiger partial charge < -0.3 is 20.3 Å². The molecule has 0 saturated carbocycles. The standard InChI is InChI=1S/C20H30N4O4/c1-13-8-6-10-21-16(13)23-17(25)15-9-7-11-24(12-15)18(26)14(2)22-19(27)28-20(3,4)5/h6,8,10,14-15H,7,9,11-12H2,1-5H3,(H,22,27)(H,21,23,25). The molecule has 0 radical (unpaired) electrons. The third kappa shape index (κ3) is 6.21. The first kappa shape index (κ1) is 21.7. The first-order valence-electron chi connectivity index (χ1n) is 9.57. The van der Waals surface area contributed by atoms with Crippen LogP contribution in [0.4, 0.5) is 10.6 Å². The van der Waals surface area contributed by atoms with Crippen molar-refractivity contribution in [2.75, 3.05) is 18.4 Å². The van der Waals surface area contributed by atoms with Crippen LogP contribution in [-0.4, -0.2) is 52.5 Å². The highest BCUT2D eigenvalue weighted by atomic mass is 16.6. The lowest BCUT2D eigenvalue weighted by molar-refractivity contribution is -0.136. The van der Waals surface area contributed by atoms with Crippen LogP contribution >= 0.6 is 0 Å². The van der Waals surface area contributed by atoms with Gasteiger partial charge >= 0.3 is 6.09 Å². The number of piperidine rings is 1. The summed E-state index contributed by atoms with van der Waals surface area (Å²) in [7, 11) is 0. The van der Waals surface area contributed by atoms with Crippen LogP contribution in [-0.2, 0) is 14.3 Å². The molecule has 154 valence electrons. The summed E-state index contributed by atoms with van der Waals surface area (Å²) in [5.74, 6) is -0.145. The van der Waals surface area contributed by atoms with Gasteiger partial charge in [0.15, 0.2) is 0 Å². The maximum Gasteiger partial charge on any atom is 0.408 e. The predicted molar refractivity (Wildman–Crippen MR) is 106 cm³/mol. The minimum absolute atomic E-state index is 0.146. The Morgan fingerprint density at radius 1 is 1.32 bits per heavy atom. The van der Waals surface area contributed by atoms with Crippen molar-refractivity contribution < 1.29 is 19.1 Å². The Hall–Kier alpha value is -2.64. The molecule has 2 unspecified atom stereocenters. The van der Waals surface area contributed by atoms with Gasteiger partial charge in [-0.2, -0.15) is 0 Å². The number of pyridine rings is 1. The Labute approximate surface area is 166 Å². The first-order valence-corrected chi connectivity index (χ1v) is 9.57. The molecular weight excluding hydrogens is 360 g/mol. The van der Waals surface area contributed by atoms with E-state index in [0.29, 0.717) is 25.3 Å². The van der Waals surface area contributed by atoms with Gasteiger partial charge in [0.2, 0.25) is 11.8 Å². The number of alkyl carbamates (subject to hydrolysis) is 1. The molecule has 2 heterocycles. The lowest BCUT2D eigenvalue weighted by Crippen LogP contribution is -2.52. The zero-order valence-electron chi connectivity index (χ0n) is 17.2. The fourth-order valence-electron chi connectivity index (χ4n) is 3.05. The minimum Gasteiger partial charge on any atom is -0.444 e. The van der Waals surface area contributed by atoms with Gasteiger partial charge in [-0.15, -0.1) is 0 Å². The molecule has 8 heteroatoms. The van der Waals surface area contributed by atoms with Gasteiger partial charge in [0, 0.05) is 19.3 Å². The number of aryl methyl sites for hydroxylation is 1. The van der Waals surface area contributed by atoms with E-state index < -0.39 is 17.7 Å². The number of amides is 3. The molecule has 2 rings (SSSR count). The highest BCUT2D eigenvalue weighted by Gasteiger charge is 2.31. The summed E-state index contributed by atoms with van der Waals surface area (Å²) in [6.45, 7) is 9.65. The molecule has 3 amide bonds. The maximum atomic E-state index is 12.7. The summed E-state index contributed by atoms with van der Waals surface area (Å²) < 4.78 is 5.19. The molecule has 1 fully saturated rings. The van der Waals surface area contributed by atoms with Crippen LogP contribution in [0.25, 0.3) is 0 Å². The van der Waals surface area contributed by atoms with E-state index >= 15 is 0 Å². The Morgan fingerprint density at radius 3 is 2.68 bits per heavy atom. The third-order valence-electron chi connectivity index (χ3n) is 4.46. The molecule has 1 saturated heterocycles. The average molecular weight is 390 g/mol. The fourth-order valence-corrected chi connectivity index (χ4v) is 3.05. The van der Waals surface area contributed by atoms with Gasteiger partial charge in [-0.1, -0.05) is 6.07 Å². The summed E-state index contributed by atoms with van der Waals surface area (Å²) in [5, 5.41) is 5.41. The molecule has 1 aliphatic heterocycles. The summed E-state index contributed by atoms with van der Waals surface area (Å²) in [5.41, 5.74) is 0.250. The molecule has 0 aromatic carbocycles. The van der Waals surface area contributed by atoms with Crippen molar-refractivity contribution in [1.29, 1.82) is 0 Å². The second-order valence-electron chi connectivity index (χ2n) is 8.15. The van der Waals surface area contributed by atoms with Crippen LogP contribution in [0.5, 0.6) is 0 Å². The largest absolute Gasteiger partial charge is 0.444 e. The molecule has 2 N–H and O–H groups in total. The van der Waals surface area contributed by atoms with Crippen LogP contribution in [0.1, 0.15) is 46.1 Å². The summed E-state index contributed by atoms with van der Waals surface area (Å²) in [4.78, 5) is 43.0. The number of carbonyl (C=O) groups excluding carboxylic acids is 3. The van der Waals surface area contributed by atoms with E-state index in [9.17, 15) is 14.4 Å². The van der Waals surface area contributed by atoms with Gasteiger partial charge in [-0.25, -0.2) is 9.78 Å².